The Hall–Kier alpha value is -0.910. The second-order valence-corrected chi connectivity index (χ2v) is 4.82. The quantitative estimate of drug-likeness (QED) is 0.936. The van der Waals surface area contributed by atoms with E-state index >= 15 is 0 Å². The number of carbonyl (C=O) groups is 1. The van der Waals surface area contributed by atoms with Gasteiger partial charge in [-0.2, -0.15) is 8.75 Å². The number of halogens is 2. The van der Waals surface area contributed by atoms with Gasteiger partial charge in [0.05, 0.1) is 27.5 Å². The molecule has 0 saturated carbocycles. The summed E-state index contributed by atoms with van der Waals surface area (Å²) >= 11 is 13.1. The summed E-state index contributed by atoms with van der Waals surface area (Å²) in [6, 6.07) is 1.56. The van der Waals surface area contributed by atoms with Crippen molar-refractivity contribution in [1.82, 2.24) is 8.75 Å². The number of aromatic nitrogens is 2. The van der Waals surface area contributed by atoms with Crippen LogP contribution < -0.4 is 5.32 Å². The van der Waals surface area contributed by atoms with Crippen LogP contribution in [0.4, 0.5) is 5.69 Å². The number of hydrogen-bond acceptors (Lipinski definition) is 4. The van der Waals surface area contributed by atoms with Gasteiger partial charge >= 0.3 is 0 Å². The van der Waals surface area contributed by atoms with E-state index in [1.165, 1.54) is 0 Å². The Balaban J connectivity index is 2.45. The number of nitrogens with one attached hydrogen (secondary N) is 1. The number of nitrogens with zero attached hydrogens (tertiary/aromatic N) is 2. The van der Waals surface area contributed by atoms with E-state index in [2.05, 4.69) is 14.1 Å². The highest BCUT2D eigenvalue weighted by atomic mass is 35.5. The highest BCUT2D eigenvalue weighted by Crippen LogP contribution is 2.35. The molecule has 0 aliphatic rings. The predicted molar refractivity (Wildman–Crippen MR) is 71.0 cm³/mol. The largest absolute Gasteiger partial charge is 0.323 e. The van der Waals surface area contributed by atoms with E-state index in [0.717, 1.165) is 18.1 Å². The second-order valence-electron chi connectivity index (χ2n) is 3.47. The van der Waals surface area contributed by atoms with E-state index in [-0.39, 0.29) is 5.91 Å². The molecule has 0 radical (unpaired) electrons. The van der Waals surface area contributed by atoms with Crippen LogP contribution in [-0.4, -0.2) is 14.7 Å². The fourth-order valence-corrected chi connectivity index (χ4v) is 2.58. The summed E-state index contributed by atoms with van der Waals surface area (Å²) in [6.45, 7) is 1.93. The van der Waals surface area contributed by atoms with Gasteiger partial charge in [-0.3, -0.25) is 4.79 Å². The molecule has 0 aliphatic heterocycles. The molecule has 2 rings (SSSR count). The monoisotopic (exact) mass is 289 g/mol. The standard InChI is InChI=1S/C10H9Cl2N3OS/c1-2-3-7(16)13-8-5(11)4-6(12)9-10(8)15-17-14-9/h4H,2-3H2,1H3,(H,13,16). The fourth-order valence-electron chi connectivity index (χ4n) is 1.42. The molecule has 0 spiro atoms. The van der Waals surface area contributed by atoms with Crippen molar-refractivity contribution in [3.8, 4) is 0 Å². The predicted octanol–water partition coefficient (Wildman–Crippen LogP) is 3.74. The molecule has 2 aromatic rings. The average molecular weight is 290 g/mol. The van der Waals surface area contributed by atoms with Crippen molar-refractivity contribution >= 4 is 57.6 Å². The number of fused-ring (bicyclic) bond motifs is 1. The van der Waals surface area contributed by atoms with Gasteiger partial charge in [-0.1, -0.05) is 30.1 Å². The zero-order valence-electron chi connectivity index (χ0n) is 8.96. The Morgan fingerprint density at radius 3 is 2.76 bits per heavy atom. The van der Waals surface area contributed by atoms with E-state index < -0.39 is 0 Å². The highest BCUT2D eigenvalue weighted by molar-refractivity contribution is 7.00. The van der Waals surface area contributed by atoms with Crippen molar-refractivity contribution in [3.63, 3.8) is 0 Å². The van der Waals surface area contributed by atoms with Gasteiger partial charge in [-0.15, -0.1) is 0 Å². The molecule has 0 unspecified atom stereocenters. The normalized spacial score (nSPS) is 10.8. The number of hydrogen-bond donors (Lipinski definition) is 1. The van der Waals surface area contributed by atoms with Gasteiger partial charge in [-0.05, 0) is 12.5 Å². The summed E-state index contributed by atoms with van der Waals surface area (Å²) in [7, 11) is 0. The van der Waals surface area contributed by atoms with Gasteiger partial charge in [0, 0.05) is 6.42 Å². The van der Waals surface area contributed by atoms with E-state index in [4.69, 9.17) is 23.2 Å². The maximum absolute atomic E-state index is 11.6. The SMILES string of the molecule is CCCC(=O)Nc1c(Cl)cc(Cl)c2nsnc12. The molecule has 0 atom stereocenters. The van der Waals surface area contributed by atoms with Crippen LogP contribution in [0.2, 0.25) is 10.0 Å². The summed E-state index contributed by atoms with van der Waals surface area (Å²) in [5.74, 6) is -0.0916. The maximum Gasteiger partial charge on any atom is 0.224 e. The topological polar surface area (TPSA) is 54.9 Å². The molecule has 1 N–H and O–H groups in total. The molecule has 0 bridgehead atoms. The van der Waals surface area contributed by atoms with Crippen LogP contribution in [0, 0.1) is 0 Å². The van der Waals surface area contributed by atoms with Gasteiger partial charge in [0.2, 0.25) is 5.91 Å². The van der Waals surface area contributed by atoms with Crippen molar-refractivity contribution in [1.29, 1.82) is 0 Å². The third-order valence-corrected chi connectivity index (χ3v) is 3.30. The van der Waals surface area contributed by atoms with Crippen LogP contribution >= 0.6 is 34.9 Å². The first-order valence-electron chi connectivity index (χ1n) is 5.03. The zero-order chi connectivity index (χ0) is 12.4. The molecule has 0 saturated heterocycles. The molecule has 4 nitrogen and oxygen atoms in total. The first-order valence-corrected chi connectivity index (χ1v) is 6.52. The van der Waals surface area contributed by atoms with Crippen LogP contribution in [0.1, 0.15) is 19.8 Å². The van der Waals surface area contributed by atoms with Crippen molar-refractivity contribution in [2.45, 2.75) is 19.8 Å². The molecule has 1 amide bonds. The summed E-state index contributed by atoms with van der Waals surface area (Å²) < 4.78 is 8.16. The van der Waals surface area contributed by atoms with Crippen molar-refractivity contribution in [2.75, 3.05) is 5.32 Å². The molecular formula is C10H9Cl2N3OS. The second kappa shape index (κ2) is 5.16. The lowest BCUT2D eigenvalue weighted by Crippen LogP contribution is -2.11. The molecule has 1 aromatic heterocycles. The molecule has 0 fully saturated rings. The lowest BCUT2D eigenvalue weighted by molar-refractivity contribution is -0.116. The Kier molecular flexibility index (Phi) is 3.81. The van der Waals surface area contributed by atoms with Gasteiger partial charge in [0.25, 0.3) is 0 Å². The van der Waals surface area contributed by atoms with E-state index in [1.807, 2.05) is 6.92 Å². The van der Waals surface area contributed by atoms with Crippen molar-refractivity contribution < 1.29 is 4.79 Å². The third-order valence-electron chi connectivity index (χ3n) is 2.19. The zero-order valence-corrected chi connectivity index (χ0v) is 11.3. The van der Waals surface area contributed by atoms with E-state index in [1.54, 1.807) is 6.07 Å². The van der Waals surface area contributed by atoms with Crippen molar-refractivity contribution in [3.05, 3.63) is 16.1 Å². The molecule has 90 valence electrons. The molecule has 7 heteroatoms. The van der Waals surface area contributed by atoms with Crippen LogP contribution in [0.25, 0.3) is 11.0 Å². The lowest BCUT2D eigenvalue weighted by Gasteiger charge is -2.07. The molecule has 17 heavy (non-hydrogen) atoms. The van der Waals surface area contributed by atoms with E-state index in [0.29, 0.717) is 33.2 Å². The first-order chi connectivity index (χ1) is 8.13. The minimum atomic E-state index is -0.0916. The third kappa shape index (κ3) is 2.51. The summed E-state index contributed by atoms with van der Waals surface area (Å²) in [4.78, 5) is 11.6. The van der Waals surface area contributed by atoms with Crippen LogP contribution in [-0.2, 0) is 4.79 Å². The average Bonchev–Trinajstić information content (AvgIpc) is 2.73. The fraction of sp³-hybridized carbons (Fsp3) is 0.300. The molecular weight excluding hydrogens is 281 g/mol. The van der Waals surface area contributed by atoms with Gasteiger partial charge in [0.15, 0.2) is 0 Å². The van der Waals surface area contributed by atoms with E-state index in [9.17, 15) is 4.79 Å². The summed E-state index contributed by atoms with van der Waals surface area (Å²) in [6.07, 6.45) is 1.22. The van der Waals surface area contributed by atoms with Gasteiger partial charge in [-0.25, -0.2) is 0 Å². The molecule has 1 aromatic carbocycles. The van der Waals surface area contributed by atoms with Gasteiger partial charge in [0.1, 0.15) is 11.0 Å². The number of benzene rings is 1. The minimum absolute atomic E-state index is 0.0916. The Morgan fingerprint density at radius 2 is 2.06 bits per heavy atom. The molecule has 0 aliphatic carbocycles. The van der Waals surface area contributed by atoms with Crippen LogP contribution in [0.5, 0.6) is 0 Å². The number of carbonyl (C=O) groups excluding carboxylic acids is 1. The maximum atomic E-state index is 11.6. The number of amides is 1. The highest BCUT2D eigenvalue weighted by Gasteiger charge is 2.15. The summed E-state index contributed by atoms with van der Waals surface area (Å²) in [5.41, 5.74) is 1.59. The number of rotatable bonds is 3. The number of anilines is 1. The van der Waals surface area contributed by atoms with Crippen molar-refractivity contribution in [2.24, 2.45) is 0 Å². The van der Waals surface area contributed by atoms with Crippen LogP contribution in [0.15, 0.2) is 6.07 Å². The Morgan fingerprint density at radius 1 is 1.35 bits per heavy atom. The first kappa shape index (κ1) is 12.5. The Bertz CT molecular complexity index is 570. The minimum Gasteiger partial charge on any atom is -0.323 e. The molecule has 1 heterocycles. The smallest absolute Gasteiger partial charge is 0.224 e. The lowest BCUT2D eigenvalue weighted by atomic mass is 10.2. The Labute approximate surface area is 112 Å². The van der Waals surface area contributed by atoms with Gasteiger partial charge < -0.3 is 5.32 Å². The summed E-state index contributed by atoms with van der Waals surface area (Å²) in [5, 5.41) is 3.55. The van der Waals surface area contributed by atoms with Crippen LogP contribution in [0.3, 0.4) is 0 Å².